The fraction of sp³-hybridized carbons (Fsp3) is 0.235. The normalized spacial score (nSPS) is 24.6. The summed E-state index contributed by atoms with van der Waals surface area (Å²) in [7, 11) is 0. The first-order chi connectivity index (χ1) is 9.64. The van der Waals surface area contributed by atoms with Crippen LogP contribution in [0.2, 0.25) is 0 Å². The molecule has 2 aromatic carbocycles. The van der Waals surface area contributed by atoms with E-state index in [1.165, 1.54) is 6.92 Å². The summed E-state index contributed by atoms with van der Waals surface area (Å²) in [6.45, 7) is 1.46. The zero-order valence-electron chi connectivity index (χ0n) is 11.2. The van der Waals surface area contributed by atoms with E-state index in [0.29, 0.717) is 17.7 Å². The number of Topliss-reactive ketones (excluding diaryl/α,β-unsaturated/α-hetero) is 1. The number of carbonyl (C=O) groups excluding carboxylic acids is 1. The number of aliphatic hydroxyl groups excluding tert-OH is 1. The lowest BCUT2D eigenvalue weighted by Gasteiger charge is -2.40. The number of rotatable bonds is 2. The molecule has 0 saturated heterocycles. The summed E-state index contributed by atoms with van der Waals surface area (Å²) in [5.74, 6) is 0.475. The molecule has 1 aliphatic heterocycles. The van der Waals surface area contributed by atoms with Gasteiger partial charge in [-0.25, -0.2) is 0 Å². The van der Waals surface area contributed by atoms with Crippen LogP contribution in [0.5, 0.6) is 5.75 Å². The molecule has 3 heteroatoms. The van der Waals surface area contributed by atoms with Gasteiger partial charge in [0.15, 0.2) is 5.78 Å². The molecule has 1 heterocycles. The second-order valence-corrected chi connectivity index (χ2v) is 5.09. The molecule has 0 aliphatic carbocycles. The maximum atomic E-state index is 12.3. The smallest absolute Gasteiger partial charge is 0.217 e. The van der Waals surface area contributed by atoms with Crippen LogP contribution in [0, 0.1) is 0 Å². The standard InChI is InChI=1S/C17H16O3/c1-12(18)17(14-8-3-2-4-9-14)16(19)11-13-7-5-6-10-15(13)20-17/h2-10,16,19H,11H2,1H3. The van der Waals surface area contributed by atoms with Gasteiger partial charge in [0, 0.05) is 12.0 Å². The van der Waals surface area contributed by atoms with Crippen molar-refractivity contribution in [3.8, 4) is 5.75 Å². The van der Waals surface area contributed by atoms with Gasteiger partial charge in [0.1, 0.15) is 11.9 Å². The molecule has 0 saturated carbocycles. The van der Waals surface area contributed by atoms with Crippen LogP contribution in [0.25, 0.3) is 0 Å². The van der Waals surface area contributed by atoms with Gasteiger partial charge in [0.2, 0.25) is 5.60 Å². The zero-order valence-corrected chi connectivity index (χ0v) is 11.2. The topological polar surface area (TPSA) is 46.5 Å². The molecule has 0 spiro atoms. The first-order valence-electron chi connectivity index (χ1n) is 6.66. The summed E-state index contributed by atoms with van der Waals surface area (Å²) >= 11 is 0. The van der Waals surface area contributed by atoms with Crippen LogP contribution >= 0.6 is 0 Å². The third-order valence-corrected chi connectivity index (χ3v) is 3.85. The number of aliphatic hydroxyl groups is 1. The molecular formula is C17H16O3. The van der Waals surface area contributed by atoms with Gasteiger partial charge in [0.25, 0.3) is 0 Å². The lowest BCUT2D eigenvalue weighted by Crippen LogP contribution is -2.53. The fourth-order valence-electron chi connectivity index (χ4n) is 2.81. The Labute approximate surface area is 117 Å². The maximum absolute atomic E-state index is 12.3. The summed E-state index contributed by atoms with van der Waals surface area (Å²) in [6.07, 6.45) is -0.484. The number of benzene rings is 2. The molecule has 1 aliphatic rings. The monoisotopic (exact) mass is 268 g/mol. The van der Waals surface area contributed by atoms with E-state index >= 15 is 0 Å². The summed E-state index contributed by atoms with van der Waals surface area (Å²) in [5.41, 5.74) is 0.303. The molecular weight excluding hydrogens is 252 g/mol. The first-order valence-corrected chi connectivity index (χ1v) is 6.66. The Kier molecular flexibility index (Phi) is 3.07. The molecule has 0 amide bonds. The Morgan fingerprint density at radius 2 is 1.80 bits per heavy atom. The van der Waals surface area contributed by atoms with Crippen LogP contribution in [0.1, 0.15) is 18.1 Å². The Hall–Kier alpha value is -2.13. The van der Waals surface area contributed by atoms with Crippen molar-refractivity contribution >= 4 is 5.78 Å². The Morgan fingerprint density at radius 1 is 1.15 bits per heavy atom. The van der Waals surface area contributed by atoms with E-state index in [1.807, 2.05) is 54.6 Å². The van der Waals surface area contributed by atoms with Gasteiger partial charge < -0.3 is 9.84 Å². The van der Waals surface area contributed by atoms with Crippen molar-refractivity contribution < 1.29 is 14.6 Å². The average Bonchev–Trinajstić information content (AvgIpc) is 2.47. The fourth-order valence-corrected chi connectivity index (χ4v) is 2.81. The molecule has 1 N–H and O–H groups in total. The molecule has 0 radical (unpaired) electrons. The van der Waals surface area contributed by atoms with Crippen LogP contribution in [0.3, 0.4) is 0 Å². The minimum atomic E-state index is -1.31. The highest BCUT2D eigenvalue weighted by Crippen LogP contribution is 2.40. The van der Waals surface area contributed by atoms with Gasteiger partial charge in [-0.05, 0) is 18.6 Å². The van der Waals surface area contributed by atoms with Gasteiger partial charge in [-0.3, -0.25) is 4.79 Å². The van der Waals surface area contributed by atoms with Crippen molar-refractivity contribution in [1.29, 1.82) is 0 Å². The SMILES string of the molecule is CC(=O)C1(c2ccccc2)Oc2ccccc2CC1O. The number of para-hydroxylation sites is 1. The zero-order chi connectivity index (χ0) is 14.2. The van der Waals surface area contributed by atoms with E-state index in [4.69, 9.17) is 4.74 Å². The summed E-state index contributed by atoms with van der Waals surface area (Å²) in [5, 5.41) is 10.5. The van der Waals surface area contributed by atoms with Gasteiger partial charge in [-0.15, -0.1) is 0 Å². The highest BCUT2D eigenvalue weighted by Gasteiger charge is 2.49. The predicted octanol–water partition coefficient (Wildman–Crippen LogP) is 2.47. The number of hydrogen-bond donors (Lipinski definition) is 1. The van der Waals surface area contributed by atoms with E-state index < -0.39 is 11.7 Å². The van der Waals surface area contributed by atoms with Crippen molar-refractivity contribution in [3.05, 3.63) is 65.7 Å². The van der Waals surface area contributed by atoms with Crippen molar-refractivity contribution in [3.63, 3.8) is 0 Å². The molecule has 3 rings (SSSR count). The molecule has 3 nitrogen and oxygen atoms in total. The highest BCUT2D eigenvalue weighted by molar-refractivity contribution is 5.88. The van der Waals surface area contributed by atoms with Crippen molar-refractivity contribution in [1.82, 2.24) is 0 Å². The molecule has 0 bridgehead atoms. The molecule has 2 atom stereocenters. The lowest BCUT2D eigenvalue weighted by molar-refractivity contribution is -0.147. The van der Waals surface area contributed by atoms with Gasteiger partial charge in [-0.2, -0.15) is 0 Å². The number of fused-ring (bicyclic) bond motifs is 1. The molecule has 2 aromatic rings. The van der Waals surface area contributed by atoms with Crippen molar-refractivity contribution in [2.75, 3.05) is 0 Å². The summed E-state index contributed by atoms with van der Waals surface area (Å²) < 4.78 is 5.98. The van der Waals surface area contributed by atoms with Gasteiger partial charge >= 0.3 is 0 Å². The quantitative estimate of drug-likeness (QED) is 0.910. The average molecular weight is 268 g/mol. The number of ketones is 1. The Balaban J connectivity index is 2.15. The van der Waals surface area contributed by atoms with Gasteiger partial charge in [0.05, 0.1) is 0 Å². The molecule has 20 heavy (non-hydrogen) atoms. The Morgan fingerprint density at radius 3 is 2.50 bits per heavy atom. The van der Waals surface area contributed by atoms with Crippen molar-refractivity contribution in [2.24, 2.45) is 0 Å². The largest absolute Gasteiger partial charge is 0.472 e. The number of carbonyl (C=O) groups is 1. The van der Waals surface area contributed by atoms with Crippen LogP contribution in [0.4, 0.5) is 0 Å². The molecule has 0 fully saturated rings. The Bertz CT molecular complexity index is 636. The summed E-state index contributed by atoms with van der Waals surface area (Å²) in [6, 6.07) is 16.7. The maximum Gasteiger partial charge on any atom is 0.217 e. The van der Waals surface area contributed by atoms with Crippen molar-refractivity contribution in [2.45, 2.75) is 25.0 Å². The van der Waals surface area contributed by atoms with Crippen LogP contribution in [-0.2, 0) is 16.8 Å². The van der Waals surface area contributed by atoms with E-state index in [9.17, 15) is 9.90 Å². The molecule has 102 valence electrons. The molecule has 0 aromatic heterocycles. The molecule has 2 unspecified atom stereocenters. The van der Waals surface area contributed by atoms with Crippen LogP contribution in [0.15, 0.2) is 54.6 Å². The van der Waals surface area contributed by atoms with E-state index in [-0.39, 0.29) is 5.78 Å². The first kappa shape index (κ1) is 12.9. The number of ether oxygens (including phenoxy) is 1. The predicted molar refractivity (Wildman–Crippen MR) is 75.6 cm³/mol. The van der Waals surface area contributed by atoms with Crippen LogP contribution < -0.4 is 4.74 Å². The third kappa shape index (κ3) is 1.82. The second-order valence-electron chi connectivity index (χ2n) is 5.09. The van der Waals surface area contributed by atoms with Crippen LogP contribution in [-0.4, -0.2) is 17.0 Å². The van der Waals surface area contributed by atoms with E-state index in [2.05, 4.69) is 0 Å². The van der Waals surface area contributed by atoms with E-state index in [1.54, 1.807) is 0 Å². The minimum Gasteiger partial charge on any atom is -0.472 e. The minimum absolute atomic E-state index is 0.189. The third-order valence-electron chi connectivity index (χ3n) is 3.85. The summed E-state index contributed by atoms with van der Waals surface area (Å²) in [4.78, 5) is 12.3. The van der Waals surface area contributed by atoms with Gasteiger partial charge in [-0.1, -0.05) is 48.5 Å². The highest BCUT2D eigenvalue weighted by atomic mass is 16.5. The lowest BCUT2D eigenvalue weighted by atomic mass is 9.79. The van der Waals surface area contributed by atoms with E-state index in [0.717, 1.165) is 5.56 Å². The second kappa shape index (κ2) is 4.76. The number of hydrogen-bond acceptors (Lipinski definition) is 3.